The number of hydrogen-bond donors (Lipinski definition) is 0. The van der Waals surface area contributed by atoms with Crippen LogP contribution in [0.1, 0.15) is 21.5 Å². The Morgan fingerprint density at radius 1 is 1.32 bits per heavy atom. The van der Waals surface area contributed by atoms with E-state index in [0.717, 1.165) is 16.9 Å². The van der Waals surface area contributed by atoms with E-state index in [0.29, 0.717) is 10.7 Å². The van der Waals surface area contributed by atoms with Crippen molar-refractivity contribution in [2.45, 2.75) is 13.3 Å². The Bertz CT molecular complexity index is 611. The lowest BCUT2D eigenvalue weighted by Gasteiger charge is -2.09. The molecule has 0 aliphatic carbocycles. The van der Waals surface area contributed by atoms with Gasteiger partial charge >= 0.3 is 0 Å². The molecule has 0 N–H and O–H groups in total. The van der Waals surface area contributed by atoms with Crippen LogP contribution in [-0.4, -0.2) is 17.9 Å². The summed E-state index contributed by atoms with van der Waals surface area (Å²) in [6.45, 7) is 1.98. The molecule has 0 atom stereocenters. The van der Waals surface area contributed by atoms with Crippen molar-refractivity contribution in [2.75, 3.05) is 7.11 Å². The first-order chi connectivity index (χ1) is 9.10. The van der Waals surface area contributed by atoms with Crippen molar-refractivity contribution in [2.24, 2.45) is 0 Å². The number of hydrogen-bond acceptors (Lipinski definition) is 3. The molecule has 0 bridgehead atoms. The maximum absolute atomic E-state index is 12.2. The molecule has 0 aliphatic rings. The van der Waals surface area contributed by atoms with Gasteiger partial charge in [0.25, 0.3) is 0 Å². The molecule has 0 spiro atoms. The highest BCUT2D eigenvalue weighted by Gasteiger charge is 2.11. The van der Waals surface area contributed by atoms with Gasteiger partial charge in [-0.15, -0.1) is 0 Å². The number of halogens is 1. The topological polar surface area (TPSA) is 39.2 Å². The molecule has 0 aliphatic heterocycles. The smallest absolute Gasteiger partial charge is 0.167 e. The van der Waals surface area contributed by atoms with Crippen LogP contribution in [0, 0.1) is 6.92 Å². The first-order valence-corrected chi connectivity index (χ1v) is 6.26. The molecule has 0 radical (unpaired) electrons. The molecule has 1 heterocycles. The highest BCUT2D eigenvalue weighted by Crippen LogP contribution is 2.21. The molecule has 0 saturated carbocycles. The van der Waals surface area contributed by atoms with Gasteiger partial charge in [-0.2, -0.15) is 0 Å². The van der Waals surface area contributed by atoms with Crippen molar-refractivity contribution in [3.63, 3.8) is 0 Å². The number of aryl methyl sites for hydroxylation is 1. The number of pyridine rings is 1. The molecule has 3 nitrogen and oxygen atoms in total. The highest BCUT2D eigenvalue weighted by atomic mass is 35.5. The fraction of sp³-hybridized carbons (Fsp3) is 0.200. The lowest BCUT2D eigenvalue weighted by molar-refractivity contribution is 0.0992. The van der Waals surface area contributed by atoms with E-state index < -0.39 is 0 Å². The Balaban J connectivity index is 2.26. The average Bonchev–Trinajstić information content (AvgIpc) is 2.39. The van der Waals surface area contributed by atoms with Gasteiger partial charge in [0.15, 0.2) is 5.78 Å². The normalized spacial score (nSPS) is 10.3. The largest absolute Gasteiger partial charge is 0.496 e. The molecular formula is C15H14ClNO2. The zero-order chi connectivity index (χ0) is 13.8. The van der Waals surface area contributed by atoms with Crippen LogP contribution in [0.15, 0.2) is 36.5 Å². The second-order valence-corrected chi connectivity index (χ2v) is 4.67. The lowest BCUT2D eigenvalue weighted by atomic mass is 10.0. The quantitative estimate of drug-likeness (QED) is 0.633. The Morgan fingerprint density at radius 2 is 2.11 bits per heavy atom. The summed E-state index contributed by atoms with van der Waals surface area (Å²) in [7, 11) is 1.60. The number of carbonyl (C=O) groups excluding carboxylic acids is 1. The van der Waals surface area contributed by atoms with Crippen LogP contribution in [0.4, 0.5) is 0 Å². The summed E-state index contributed by atoms with van der Waals surface area (Å²) >= 11 is 5.79. The minimum Gasteiger partial charge on any atom is -0.496 e. The monoisotopic (exact) mass is 275 g/mol. The third kappa shape index (κ3) is 3.32. The minimum atomic E-state index is -0.00630. The van der Waals surface area contributed by atoms with Crippen LogP contribution < -0.4 is 4.74 Å². The molecule has 0 saturated heterocycles. The van der Waals surface area contributed by atoms with Gasteiger partial charge in [-0.1, -0.05) is 29.3 Å². The van der Waals surface area contributed by atoms with Crippen molar-refractivity contribution in [1.82, 2.24) is 4.98 Å². The van der Waals surface area contributed by atoms with E-state index in [1.165, 1.54) is 6.20 Å². The number of carbonyl (C=O) groups is 1. The molecule has 4 heteroatoms. The summed E-state index contributed by atoms with van der Waals surface area (Å²) in [6, 6.07) is 9.02. The van der Waals surface area contributed by atoms with E-state index in [2.05, 4.69) is 4.98 Å². The Morgan fingerprint density at radius 3 is 2.79 bits per heavy atom. The number of rotatable bonds is 4. The van der Waals surface area contributed by atoms with E-state index in [-0.39, 0.29) is 12.2 Å². The molecule has 0 fully saturated rings. The minimum absolute atomic E-state index is 0.00630. The highest BCUT2D eigenvalue weighted by molar-refractivity contribution is 6.29. The van der Waals surface area contributed by atoms with E-state index in [1.54, 1.807) is 19.2 Å². The van der Waals surface area contributed by atoms with Gasteiger partial charge in [-0.25, -0.2) is 4.98 Å². The molecule has 0 amide bonds. The molecule has 0 unspecified atom stereocenters. The molecule has 1 aromatic heterocycles. The fourth-order valence-electron chi connectivity index (χ4n) is 1.90. The average molecular weight is 276 g/mol. The standard InChI is InChI=1S/C15H14ClNO2/c1-10-3-4-14(19-2)12(7-10)8-13(18)11-5-6-17-15(16)9-11/h3-7,9H,8H2,1-2H3. The van der Waals surface area contributed by atoms with E-state index in [9.17, 15) is 4.79 Å². The molecular weight excluding hydrogens is 262 g/mol. The molecule has 1 aromatic carbocycles. The van der Waals surface area contributed by atoms with E-state index in [4.69, 9.17) is 16.3 Å². The number of nitrogens with zero attached hydrogens (tertiary/aromatic N) is 1. The molecule has 98 valence electrons. The van der Waals surface area contributed by atoms with Crippen LogP contribution >= 0.6 is 11.6 Å². The Kier molecular flexibility index (Phi) is 4.17. The Hall–Kier alpha value is -1.87. The summed E-state index contributed by atoms with van der Waals surface area (Å²) < 4.78 is 5.27. The predicted octanol–water partition coefficient (Wildman–Crippen LogP) is 3.48. The number of Topliss-reactive ketones (excluding diaryl/α,β-unsaturated/α-hetero) is 1. The molecule has 2 aromatic rings. The van der Waals surface area contributed by atoms with Crippen LogP contribution in [0.2, 0.25) is 5.15 Å². The van der Waals surface area contributed by atoms with Crippen molar-refractivity contribution in [3.8, 4) is 5.75 Å². The Labute approximate surface area is 117 Å². The van der Waals surface area contributed by atoms with Gasteiger partial charge in [0.1, 0.15) is 10.9 Å². The van der Waals surface area contributed by atoms with Crippen LogP contribution in [0.3, 0.4) is 0 Å². The molecule has 2 rings (SSSR count). The first-order valence-electron chi connectivity index (χ1n) is 5.88. The van der Waals surface area contributed by atoms with Crippen molar-refractivity contribution in [3.05, 3.63) is 58.4 Å². The molecule has 19 heavy (non-hydrogen) atoms. The number of ketones is 1. The number of methoxy groups -OCH3 is 1. The van der Waals surface area contributed by atoms with Gasteiger partial charge in [0, 0.05) is 23.7 Å². The second kappa shape index (κ2) is 5.85. The first kappa shape index (κ1) is 13.6. The summed E-state index contributed by atoms with van der Waals surface area (Å²) in [6.07, 6.45) is 1.81. The third-order valence-electron chi connectivity index (χ3n) is 2.84. The summed E-state index contributed by atoms with van der Waals surface area (Å²) in [5, 5.41) is 0.321. The number of benzene rings is 1. The lowest BCUT2D eigenvalue weighted by Crippen LogP contribution is -2.05. The van der Waals surface area contributed by atoms with Crippen molar-refractivity contribution < 1.29 is 9.53 Å². The van der Waals surface area contributed by atoms with Crippen LogP contribution in [0.5, 0.6) is 5.75 Å². The third-order valence-corrected chi connectivity index (χ3v) is 3.04. The zero-order valence-corrected chi connectivity index (χ0v) is 11.6. The number of ether oxygens (including phenoxy) is 1. The predicted molar refractivity (Wildman–Crippen MR) is 75.0 cm³/mol. The second-order valence-electron chi connectivity index (χ2n) is 4.28. The van der Waals surface area contributed by atoms with Gasteiger partial charge in [0.05, 0.1) is 7.11 Å². The van der Waals surface area contributed by atoms with Crippen molar-refractivity contribution >= 4 is 17.4 Å². The van der Waals surface area contributed by atoms with Gasteiger partial charge in [0.2, 0.25) is 0 Å². The summed E-state index contributed by atoms with van der Waals surface area (Å²) in [5.74, 6) is 0.715. The SMILES string of the molecule is COc1ccc(C)cc1CC(=O)c1ccnc(Cl)c1. The van der Waals surface area contributed by atoms with Crippen molar-refractivity contribution in [1.29, 1.82) is 0 Å². The summed E-state index contributed by atoms with van der Waals surface area (Å²) in [5.41, 5.74) is 2.53. The van der Waals surface area contributed by atoms with Gasteiger partial charge in [-0.3, -0.25) is 4.79 Å². The maximum Gasteiger partial charge on any atom is 0.167 e. The van der Waals surface area contributed by atoms with Crippen LogP contribution in [-0.2, 0) is 6.42 Å². The number of aromatic nitrogens is 1. The van der Waals surface area contributed by atoms with E-state index >= 15 is 0 Å². The maximum atomic E-state index is 12.2. The van der Waals surface area contributed by atoms with Gasteiger partial charge < -0.3 is 4.74 Å². The summed E-state index contributed by atoms with van der Waals surface area (Å²) in [4.78, 5) is 16.1. The van der Waals surface area contributed by atoms with Gasteiger partial charge in [-0.05, 0) is 25.1 Å². The zero-order valence-electron chi connectivity index (χ0n) is 10.8. The van der Waals surface area contributed by atoms with Crippen LogP contribution in [0.25, 0.3) is 0 Å². The van der Waals surface area contributed by atoms with E-state index in [1.807, 2.05) is 25.1 Å². The fourth-order valence-corrected chi connectivity index (χ4v) is 2.07.